The maximum atomic E-state index is 9.59. The Hall–Kier alpha value is -1.85. The molecule has 1 fully saturated rings. The number of phenolic OH excluding ortho intramolecular Hbond substituents is 1. The topological polar surface area (TPSA) is 41.9 Å². The lowest BCUT2D eigenvalue weighted by Gasteiger charge is -2.26. The number of rotatable bonds is 5. The third-order valence-corrected chi connectivity index (χ3v) is 6.51. The first-order valence-corrected chi connectivity index (χ1v) is 10.7. The number of benzene rings is 2. The molecule has 3 atom stereocenters. The van der Waals surface area contributed by atoms with Crippen molar-refractivity contribution < 1.29 is 14.6 Å². The van der Waals surface area contributed by atoms with E-state index >= 15 is 0 Å². The molecular weight excluding hydrogens is 358 g/mol. The average molecular weight is 386 g/mol. The predicted molar refractivity (Wildman–Crippen MR) is 109 cm³/mol. The molecule has 144 valence electrons. The highest BCUT2D eigenvalue weighted by Crippen LogP contribution is 2.42. The first kappa shape index (κ1) is 18.5. The van der Waals surface area contributed by atoms with Crippen LogP contribution in [-0.2, 0) is 0 Å². The predicted octanol–water partition coefficient (Wildman–Crippen LogP) is 4.73. The van der Waals surface area contributed by atoms with E-state index in [0.717, 1.165) is 40.2 Å². The van der Waals surface area contributed by atoms with Crippen molar-refractivity contribution in [1.29, 1.82) is 0 Å². The Morgan fingerprint density at radius 3 is 2.81 bits per heavy atom. The van der Waals surface area contributed by atoms with E-state index in [1.807, 2.05) is 18.2 Å². The lowest BCUT2D eigenvalue weighted by molar-refractivity contribution is 0.169. The minimum atomic E-state index is 0.0195. The number of phenols is 1. The van der Waals surface area contributed by atoms with Crippen molar-refractivity contribution in [2.45, 2.75) is 37.3 Å². The summed E-state index contributed by atoms with van der Waals surface area (Å²) in [5.74, 6) is 3.66. The largest absolute Gasteiger partial charge is 0.508 e. The molecule has 2 aliphatic heterocycles. The summed E-state index contributed by atoms with van der Waals surface area (Å²) in [6, 6.07) is 14.0. The molecule has 2 aromatic carbocycles. The smallest absolute Gasteiger partial charge is 0.134 e. The second-order valence-electron chi connectivity index (χ2n) is 7.67. The Kier molecular flexibility index (Phi) is 5.50. The fraction of sp³-hybridized carbons (Fsp3) is 0.455. The van der Waals surface area contributed by atoms with Crippen LogP contribution in [0.3, 0.4) is 0 Å². The van der Waals surface area contributed by atoms with Crippen LogP contribution in [-0.4, -0.2) is 41.5 Å². The minimum absolute atomic E-state index is 0.0195. The van der Waals surface area contributed by atoms with E-state index < -0.39 is 0 Å². The molecule has 0 radical (unpaired) electrons. The summed E-state index contributed by atoms with van der Waals surface area (Å²) >= 11 is 1.72. The molecule has 4 rings (SSSR count). The van der Waals surface area contributed by atoms with Gasteiger partial charge in [0.15, 0.2) is 0 Å². The molecule has 2 heterocycles. The van der Waals surface area contributed by atoms with Gasteiger partial charge in [-0.1, -0.05) is 19.1 Å². The van der Waals surface area contributed by atoms with Gasteiger partial charge in [-0.2, -0.15) is 0 Å². The Morgan fingerprint density at radius 2 is 2.07 bits per heavy atom. The van der Waals surface area contributed by atoms with E-state index in [1.165, 1.54) is 19.5 Å². The lowest BCUT2D eigenvalue weighted by Crippen LogP contribution is -2.35. The molecule has 0 aliphatic carbocycles. The van der Waals surface area contributed by atoms with Crippen molar-refractivity contribution in [3.05, 3.63) is 48.0 Å². The Labute approximate surface area is 165 Å². The first-order chi connectivity index (χ1) is 13.1. The molecule has 1 N–H and O–H groups in total. The highest BCUT2D eigenvalue weighted by Gasteiger charge is 2.24. The van der Waals surface area contributed by atoms with Crippen LogP contribution in [0, 0.1) is 5.92 Å². The van der Waals surface area contributed by atoms with E-state index in [1.54, 1.807) is 23.9 Å². The fourth-order valence-corrected chi connectivity index (χ4v) is 4.75. The van der Waals surface area contributed by atoms with Crippen molar-refractivity contribution in [2.24, 2.45) is 5.92 Å². The monoisotopic (exact) mass is 385 g/mol. The van der Waals surface area contributed by atoms with Gasteiger partial charge in [-0.15, -0.1) is 11.8 Å². The number of ether oxygens (including phenoxy) is 2. The molecule has 0 aromatic heterocycles. The molecule has 2 aromatic rings. The van der Waals surface area contributed by atoms with E-state index in [0.29, 0.717) is 6.04 Å². The number of thioether (sulfide) groups is 1. The van der Waals surface area contributed by atoms with Gasteiger partial charge in [-0.05, 0) is 61.7 Å². The summed E-state index contributed by atoms with van der Waals surface area (Å²) in [6.45, 7) is 7.65. The molecule has 27 heavy (non-hydrogen) atoms. The maximum absolute atomic E-state index is 9.59. The average Bonchev–Trinajstić information content (AvgIpc) is 3.12. The zero-order valence-electron chi connectivity index (χ0n) is 15.9. The zero-order valence-corrected chi connectivity index (χ0v) is 16.7. The molecule has 0 bridgehead atoms. The number of nitrogens with zero attached hydrogens (tertiary/aromatic N) is 1. The highest BCUT2D eigenvalue weighted by atomic mass is 32.2. The second-order valence-corrected chi connectivity index (χ2v) is 8.73. The van der Waals surface area contributed by atoms with Crippen LogP contribution in [0.1, 0.15) is 31.9 Å². The number of hydrogen-bond donors (Lipinski definition) is 1. The SMILES string of the molecule is C[C@H]1CCN([C@@H](C)COc2ccc(C3CSc4cc(O)ccc4O3)cc2)C1. The molecule has 1 unspecified atom stereocenters. The summed E-state index contributed by atoms with van der Waals surface area (Å²) in [7, 11) is 0. The highest BCUT2D eigenvalue weighted by molar-refractivity contribution is 7.99. The standard InChI is InChI=1S/C22H27NO3S/c1-15-9-10-23(12-15)16(2)13-25-19-6-3-17(4-7-19)21-14-27-22-11-18(24)5-8-20(22)26-21/h3-8,11,15-16,21,24H,9-10,12-14H2,1-2H3/t15-,16-,21?/m0/s1. The lowest BCUT2D eigenvalue weighted by atomic mass is 10.1. The van der Waals surface area contributed by atoms with Gasteiger partial charge in [0.05, 0.1) is 4.90 Å². The van der Waals surface area contributed by atoms with E-state index in [2.05, 4.69) is 30.9 Å². The maximum Gasteiger partial charge on any atom is 0.134 e. The summed E-state index contributed by atoms with van der Waals surface area (Å²) in [5.41, 5.74) is 1.15. The molecule has 5 heteroatoms. The third-order valence-electron chi connectivity index (χ3n) is 5.41. The molecule has 1 saturated heterocycles. The summed E-state index contributed by atoms with van der Waals surface area (Å²) < 4.78 is 12.1. The molecule has 2 aliphatic rings. The quantitative estimate of drug-likeness (QED) is 0.806. The van der Waals surface area contributed by atoms with Gasteiger partial charge in [0.2, 0.25) is 0 Å². The van der Waals surface area contributed by atoms with Crippen LogP contribution in [0.5, 0.6) is 17.2 Å². The van der Waals surface area contributed by atoms with E-state index in [-0.39, 0.29) is 11.9 Å². The molecule has 0 saturated carbocycles. The van der Waals surface area contributed by atoms with Crippen LogP contribution in [0.15, 0.2) is 47.4 Å². The van der Waals surface area contributed by atoms with Crippen molar-refractivity contribution in [3.63, 3.8) is 0 Å². The molecule has 4 nitrogen and oxygen atoms in total. The van der Waals surface area contributed by atoms with Crippen molar-refractivity contribution in [1.82, 2.24) is 4.90 Å². The molecule has 0 spiro atoms. The van der Waals surface area contributed by atoms with Crippen molar-refractivity contribution >= 4 is 11.8 Å². The second kappa shape index (κ2) is 8.03. The third kappa shape index (κ3) is 4.36. The number of aromatic hydroxyl groups is 1. The van der Waals surface area contributed by atoms with Gasteiger partial charge in [-0.25, -0.2) is 0 Å². The van der Waals surface area contributed by atoms with Crippen LogP contribution in [0.2, 0.25) is 0 Å². The molecular formula is C22H27NO3S. The van der Waals surface area contributed by atoms with Crippen LogP contribution in [0.4, 0.5) is 0 Å². The summed E-state index contributed by atoms with van der Waals surface area (Å²) in [6.07, 6.45) is 1.31. The number of hydrogen-bond acceptors (Lipinski definition) is 5. The fourth-order valence-electron chi connectivity index (χ4n) is 3.69. The summed E-state index contributed by atoms with van der Waals surface area (Å²) in [5, 5.41) is 9.59. The van der Waals surface area contributed by atoms with Crippen LogP contribution >= 0.6 is 11.8 Å². The van der Waals surface area contributed by atoms with Gasteiger partial charge in [-0.3, -0.25) is 4.90 Å². The Bertz CT molecular complexity index is 780. The van der Waals surface area contributed by atoms with Crippen LogP contribution < -0.4 is 9.47 Å². The van der Waals surface area contributed by atoms with Crippen molar-refractivity contribution in [2.75, 3.05) is 25.4 Å². The minimum Gasteiger partial charge on any atom is -0.508 e. The molecule has 0 amide bonds. The van der Waals surface area contributed by atoms with E-state index in [4.69, 9.17) is 9.47 Å². The Balaban J connectivity index is 1.33. The van der Waals surface area contributed by atoms with E-state index in [9.17, 15) is 5.11 Å². The van der Waals surface area contributed by atoms with Crippen LogP contribution in [0.25, 0.3) is 0 Å². The number of fused-ring (bicyclic) bond motifs is 1. The van der Waals surface area contributed by atoms with Gasteiger partial charge in [0.1, 0.15) is 30.0 Å². The van der Waals surface area contributed by atoms with Crippen molar-refractivity contribution in [3.8, 4) is 17.2 Å². The Morgan fingerprint density at radius 1 is 1.26 bits per heavy atom. The normalized spacial score (nSPS) is 23.5. The van der Waals surface area contributed by atoms with Gasteiger partial charge >= 0.3 is 0 Å². The van der Waals surface area contributed by atoms with Gasteiger partial charge in [0.25, 0.3) is 0 Å². The summed E-state index contributed by atoms with van der Waals surface area (Å²) in [4.78, 5) is 3.51. The number of likely N-dealkylation sites (tertiary alicyclic amines) is 1. The van der Waals surface area contributed by atoms with Gasteiger partial charge in [0, 0.05) is 18.3 Å². The zero-order chi connectivity index (χ0) is 18.8. The first-order valence-electron chi connectivity index (χ1n) is 9.68. The van der Waals surface area contributed by atoms with Gasteiger partial charge < -0.3 is 14.6 Å².